The number of amides is 2. The van der Waals surface area contributed by atoms with Crippen LogP contribution < -0.4 is 5.32 Å². The molecule has 184 valence electrons. The molecule has 0 saturated carbocycles. The van der Waals surface area contributed by atoms with Crippen molar-refractivity contribution < 1.29 is 14.5 Å². The maximum absolute atomic E-state index is 12.9. The smallest absolute Gasteiger partial charge is 0.270 e. The Morgan fingerprint density at radius 3 is 2.53 bits per heavy atom. The summed E-state index contributed by atoms with van der Waals surface area (Å²) in [5.74, 6) is 0.499. The van der Waals surface area contributed by atoms with Gasteiger partial charge in [-0.25, -0.2) is 0 Å². The number of hydrogen-bond acceptors (Lipinski definition) is 8. The number of piperazine rings is 1. The first kappa shape index (κ1) is 25.6. The number of nitro benzene ring substituents is 1. The van der Waals surface area contributed by atoms with Crippen LogP contribution in [0.3, 0.4) is 0 Å². The van der Waals surface area contributed by atoms with Crippen LogP contribution in [0.25, 0.3) is 0 Å². The Morgan fingerprint density at radius 1 is 1.21 bits per heavy atom. The van der Waals surface area contributed by atoms with E-state index in [9.17, 15) is 19.7 Å². The van der Waals surface area contributed by atoms with Gasteiger partial charge in [-0.05, 0) is 26.0 Å². The fourth-order valence-corrected chi connectivity index (χ4v) is 4.63. The van der Waals surface area contributed by atoms with Gasteiger partial charge in [-0.15, -0.1) is 10.2 Å². The minimum Gasteiger partial charge on any atom is -0.342 e. The predicted molar refractivity (Wildman–Crippen MR) is 129 cm³/mol. The molecule has 1 fully saturated rings. The van der Waals surface area contributed by atoms with Crippen molar-refractivity contribution in [2.75, 3.05) is 39.0 Å². The maximum atomic E-state index is 12.9. The fourth-order valence-electron chi connectivity index (χ4n) is 3.72. The van der Waals surface area contributed by atoms with Crippen LogP contribution >= 0.6 is 11.8 Å². The summed E-state index contributed by atoms with van der Waals surface area (Å²) < 4.78 is 1.90. The number of nitro groups is 1. The van der Waals surface area contributed by atoms with Crippen LogP contribution in [0, 0.1) is 16.0 Å². The first-order chi connectivity index (χ1) is 16.2. The summed E-state index contributed by atoms with van der Waals surface area (Å²) in [6.07, 6.45) is 0. The molecule has 2 aromatic rings. The summed E-state index contributed by atoms with van der Waals surface area (Å²) in [6.45, 7) is 9.62. The van der Waals surface area contributed by atoms with E-state index in [-0.39, 0.29) is 28.8 Å². The van der Waals surface area contributed by atoms with Crippen LogP contribution in [0.4, 0.5) is 5.69 Å². The summed E-state index contributed by atoms with van der Waals surface area (Å²) >= 11 is 1.34. The lowest BCUT2D eigenvalue weighted by Crippen LogP contribution is -2.47. The van der Waals surface area contributed by atoms with Gasteiger partial charge in [0.2, 0.25) is 5.91 Å². The highest BCUT2D eigenvalue weighted by Crippen LogP contribution is 2.26. The third-order valence-electron chi connectivity index (χ3n) is 5.79. The van der Waals surface area contributed by atoms with Crippen molar-refractivity contribution in [2.24, 2.45) is 5.92 Å². The molecule has 11 nitrogen and oxygen atoms in total. The second kappa shape index (κ2) is 11.4. The zero-order chi connectivity index (χ0) is 24.8. The molecule has 34 heavy (non-hydrogen) atoms. The van der Waals surface area contributed by atoms with Gasteiger partial charge in [0.05, 0.1) is 16.7 Å². The summed E-state index contributed by atoms with van der Waals surface area (Å²) in [7, 11) is 2.05. The highest BCUT2D eigenvalue weighted by Gasteiger charge is 2.27. The van der Waals surface area contributed by atoms with Crippen LogP contribution in [0.5, 0.6) is 0 Å². The van der Waals surface area contributed by atoms with Crippen molar-refractivity contribution in [1.29, 1.82) is 0 Å². The Balaban J connectivity index is 1.72. The van der Waals surface area contributed by atoms with Crippen LogP contribution in [0.15, 0.2) is 29.4 Å². The van der Waals surface area contributed by atoms with Crippen molar-refractivity contribution in [3.05, 3.63) is 45.8 Å². The Morgan fingerprint density at radius 2 is 1.91 bits per heavy atom. The topological polar surface area (TPSA) is 127 Å². The molecule has 0 spiro atoms. The van der Waals surface area contributed by atoms with Crippen LogP contribution in [0.2, 0.25) is 0 Å². The molecule has 0 aliphatic carbocycles. The minimum absolute atomic E-state index is 0.0121. The van der Waals surface area contributed by atoms with E-state index in [0.29, 0.717) is 17.5 Å². The van der Waals surface area contributed by atoms with Crippen LogP contribution in [-0.2, 0) is 11.3 Å². The number of carbonyl (C=O) groups excluding carboxylic acids is 2. The normalized spacial score (nSPS) is 15.4. The molecule has 0 radical (unpaired) electrons. The standard InChI is InChI=1S/C22H31N7O4S/c1-5-28-20(24-25-22(28)34-14-18(30)27-11-9-26(4)10-12-27)19(15(2)3)23-21(31)16-7-6-8-17(13-16)29(32)33/h6-8,13,15,19H,5,9-12,14H2,1-4H3,(H,23,31)/t19-/m0/s1. The van der Waals surface area contributed by atoms with Gasteiger partial charge in [0.1, 0.15) is 0 Å². The van der Waals surface area contributed by atoms with E-state index in [1.807, 2.05) is 37.3 Å². The molecule has 1 aliphatic rings. The van der Waals surface area contributed by atoms with E-state index in [1.54, 1.807) is 0 Å². The number of nitrogens with zero attached hydrogens (tertiary/aromatic N) is 6. The summed E-state index contributed by atoms with van der Waals surface area (Å²) in [4.78, 5) is 40.1. The van der Waals surface area contributed by atoms with Crippen molar-refractivity contribution in [3.8, 4) is 0 Å². The highest BCUT2D eigenvalue weighted by atomic mass is 32.2. The van der Waals surface area contributed by atoms with E-state index in [0.717, 1.165) is 26.2 Å². The average molecular weight is 490 g/mol. The number of likely N-dealkylation sites (N-methyl/N-ethyl adjacent to an activating group) is 1. The zero-order valence-electron chi connectivity index (χ0n) is 19.9. The molecule has 2 heterocycles. The molecule has 1 saturated heterocycles. The van der Waals surface area contributed by atoms with Gasteiger partial charge in [0, 0.05) is 50.4 Å². The van der Waals surface area contributed by atoms with Gasteiger partial charge in [0.25, 0.3) is 11.6 Å². The molecule has 1 N–H and O–H groups in total. The second-order valence-electron chi connectivity index (χ2n) is 8.56. The third-order valence-corrected chi connectivity index (χ3v) is 6.74. The van der Waals surface area contributed by atoms with Crippen molar-refractivity contribution in [3.63, 3.8) is 0 Å². The number of carbonyl (C=O) groups is 2. The Kier molecular flexibility index (Phi) is 8.61. The number of nitrogens with one attached hydrogen (secondary N) is 1. The summed E-state index contributed by atoms with van der Waals surface area (Å²) in [5.41, 5.74) is 0.0592. The van der Waals surface area contributed by atoms with Crippen LogP contribution in [0.1, 0.15) is 43.0 Å². The number of rotatable bonds is 9. The van der Waals surface area contributed by atoms with Gasteiger partial charge in [-0.1, -0.05) is 31.7 Å². The van der Waals surface area contributed by atoms with Crippen molar-refractivity contribution >= 4 is 29.3 Å². The van der Waals surface area contributed by atoms with Gasteiger partial charge < -0.3 is 19.7 Å². The van der Waals surface area contributed by atoms with Crippen molar-refractivity contribution in [2.45, 2.75) is 38.5 Å². The molecule has 3 rings (SSSR count). The zero-order valence-corrected chi connectivity index (χ0v) is 20.7. The van der Waals surface area contributed by atoms with E-state index in [4.69, 9.17) is 0 Å². The van der Waals surface area contributed by atoms with E-state index >= 15 is 0 Å². The third kappa shape index (κ3) is 6.11. The monoisotopic (exact) mass is 489 g/mol. The lowest BCUT2D eigenvalue weighted by molar-refractivity contribution is -0.384. The molecular formula is C22H31N7O4S. The molecule has 0 bridgehead atoms. The number of benzene rings is 1. The second-order valence-corrected chi connectivity index (χ2v) is 9.50. The van der Waals surface area contributed by atoms with Gasteiger partial charge >= 0.3 is 0 Å². The number of aromatic nitrogens is 3. The lowest BCUT2D eigenvalue weighted by atomic mass is 10.0. The molecule has 1 aromatic heterocycles. The molecule has 1 aliphatic heterocycles. The first-order valence-corrected chi connectivity index (χ1v) is 12.3. The predicted octanol–water partition coefficient (Wildman–Crippen LogP) is 2.20. The largest absolute Gasteiger partial charge is 0.342 e. The SMILES string of the molecule is CCn1c(SCC(=O)N2CCN(C)CC2)nnc1[C@@H](NC(=O)c1cccc([N+](=O)[O-])c1)C(C)C. The van der Waals surface area contributed by atoms with Gasteiger partial charge in [-0.2, -0.15) is 0 Å². The molecule has 1 aromatic carbocycles. The van der Waals surface area contributed by atoms with E-state index < -0.39 is 16.9 Å². The molecular weight excluding hydrogens is 458 g/mol. The number of non-ortho nitro benzene ring substituents is 1. The molecule has 0 unspecified atom stereocenters. The van der Waals surface area contributed by atoms with Crippen LogP contribution in [-0.4, -0.2) is 80.3 Å². The quantitative estimate of drug-likeness (QED) is 0.323. The minimum atomic E-state index is -0.530. The molecule has 1 atom stereocenters. The fraction of sp³-hybridized carbons (Fsp3) is 0.545. The Labute approximate surface area is 203 Å². The van der Waals surface area contributed by atoms with Gasteiger partial charge in [-0.3, -0.25) is 19.7 Å². The summed E-state index contributed by atoms with van der Waals surface area (Å²) in [5, 5.41) is 23.3. The molecule has 12 heteroatoms. The number of thioether (sulfide) groups is 1. The van der Waals surface area contributed by atoms with Crippen molar-refractivity contribution in [1.82, 2.24) is 29.9 Å². The average Bonchev–Trinajstić information content (AvgIpc) is 3.23. The van der Waals surface area contributed by atoms with E-state index in [2.05, 4.69) is 20.4 Å². The lowest BCUT2D eigenvalue weighted by Gasteiger charge is -2.32. The first-order valence-electron chi connectivity index (χ1n) is 11.3. The highest BCUT2D eigenvalue weighted by molar-refractivity contribution is 7.99. The number of hydrogen-bond donors (Lipinski definition) is 1. The Bertz CT molecular complexity index is 1030. The maximum Gasteiger partial charge on any atom is 0.270 e. The molecule has 2 amide bonds. The van der Waals surface area contributed by atoms with Gasteiger partial charge in [0.15, 0.2) is 11.0 Å². The summed E-state index contributed by atoms with van der Waals surface area (Å²) in [6, 6.07) is 5.16. The van der Waals surface area contributed by atoms with E-state index in [1.165, 1.54) is 36.0 Å². The Hall–Kier alpha value is -2.99.